The number of fused-ring (bicyclic) bond motifs is 1. The third kappa shape index (κ3) is 4.33. The van der Waals surface area contributed by atoms with Crippen LogP contribution in [0.2, 0.25) is 0 Å². The topological polar surface area (TPSA) is 102 Å². The summed E-state index contributed by atoms with van der Waals surface area (Å²) in [5.74, 6) is -2.46. The van der Waals surface area contributed by atoms with Gasteiger partial charge in [0.25, 0.3) is 5.91 Å². The molecule has 1 aromatic carbocycles. The quantitative estimate of drug-likeness (QED) is 0.623. The van der Waals surface area contributed by atoms with Crippen LogP contribution < -0.4 is 10.2 Å². The van der Waals surface area contributed by atoms with Crippen molar-refractivity contribution in [2.75, 3.05) is 16.8 Å². The van der Waals surface area contributed by atoms with Crippen molar-refractivity contribution < 1.29 is 28.7 Å². The van der Waals surface area contributed by atoms with Crippen LogP contribution in [0, 0.1) is 0 Å². The first-order valence-electron chi connectivity index (χ1n) is 8.48. The van der Waals surface area contributed by atoms with Crippen LogP contribution in [0.4, 0.5) is 11.4 Å². The highest BCUT2D eigenvalue weighted by molar-refractivity contribution is 6.15. The fourth-order valence-corrected chi connectivity index (χ4v) is 2.62. The number of carbonyl (C=O) groups excluding carboxylic acids is 4. The highest BCUT2D eigenvalue weighted by atomic mass is 16.5. The number of esters is 2. The zero-order valence-corrected chi connectivity index (χ0v) is 15.6. The zero-order chi connectivity index (χ0) is 20.2. The van der Waals surface area contributed by atoms with Crippen molar-refractivity contribution in [2.45, 2.75) is 39.3 Å². The summed E-state index contributed by atoms with van der Waals surface area (Å²) in [6.45, 7) is 6.43. The summed E-state index contributed by atoms with van der Waals surface area (Å²) in [6.07, 6.45) is 0.656. The van der Waals surface area contributed by atoms with Crippen LogP contribution in [0.25, 0.3) is 0 Å². The molecule has 0 radical (unpaired) electrons. The van der Waals surface area contributed by atoms with Crippen LogP contribution in [0.1, 0.15) is 27.7 Å². The van der Waals surface area contributed by atoms with E-state index < -0.39 is 29.5 Å². The van der Waals surface area contributed by atoms with Gasteiger partial charge in [-0.3, -0.25) is 14.5 Å². The normalized spacial score (nSPS) is 16.3. The van der Waals surface area contributed by atoms with Gasteiger partial charge in [0.15, 0.2) is 6.10 Å². The summed E-state index contributed by atoms with van der Waals surface area (Å²) < 4.78 is 9.75. The number of nitrogens with zero attached hydrogens (tertiary/aromatic N) is 1. The average Bonchev–Trinajstić information content (AvgIpc) is 2.60. The largest absolute Gasteiger partial charge is 0.463 e. The number of amides is 2. The Morgan fingerprint density at radius 2 is 1.81 bits per heavy atom. The maximum Gasteiger partial charge on any atom is 0.331 e. The van der Waals surface area contributed by atoms with E-state index in [1.165, 1.54) is 11.8 Å². The van der Waals surface area contributed by atoms with Crippen molar-refractivity contribution in [1.82, 2.24) is 0 Å². The van der Waals surface area contributed by atoms with E-state index >= 15 is 0 Å². The summed E-state index contributed by atoms with van der Waals surface area (Å²) in [6, 6.07) is 6.86. The molecule has 0 bridgehead atoms. The molecule has 144 valence electrons. The molecule has 1 heterocycles. The van der Waals surface area contributed by atoms with Gasteiger partial charge in [-0.2, -0.15) is 0 Å². The monoisotopic (exact) mass is 374 g/mol. The first-order valence-corrected chi connectivity index (χ1v) is 8.48. The molecule has 8 heteroatoms. The highest BCUT2D eigenvalue weighted by Crippen LogP contribution is 2.37. The second kappa shape index (κ2) is 8.03. The lowest BCUT2D eigenvalue weighted by Gasteiger charge is -2.42. The van der Waals surface area contributed by atoms with E-state index in [1.54, 1.807) is 45.0 Å². The van der Waals surface area contributed by atoms with Gasteiger partial charge >= 0.3 is 11.9 Å². The van der Waals surface area contributed by atoms with Crippen LogP contribution in [0.3, 0.4) is 0 Å². The lowest BCUT2D eigenvalue weighted by Crippen LogP contribution is -2.60. The molecule has 0 aliphatic carbocycles. The first-order chi connectivity index (χ1) is 12.7. The number of hydrogen-bond donors (Lipinski definition) is 1. The third-order valence-corrected chi connectivity index (χ3v) is 4.01. The number of nitrogens with one attached hydrogen (secondary N) is 1. The van der Waals surface area contributed by atoms with Gasteiger partial charge in [0.1, 0.15) is 5.54 Å². The van der Waals surface area contributed by atoms with Gasteiger partial charge in [0.05, 0.1) is 18.0 Å². The lowest BCUT2D eigenvalue weighted by molar-refractivity contribution is -0.150. The molecule has 1 N–H and O–H groups in total. The van der Waals surface area contributed by atoms with Crippen molar-refractivity contribution in [3.8, 4) is 0 Å². The molecule has 0 saturated heterocycles. The minimum atomic E-state index is -1.17. The molecule has 1 aliphatic heterocycles. The molecule has 8 nitrogen and oxygen atoms in total. The maximum absolute atomic E-state index is 13.0. The molecule has 1 aliphatic rings. The summed E-state index contributed by atoms with van der Waals surface area (Å²) >= 11 is 0. The van der Waals surface area contributed by atoms with Gasteiger partial charge in [0, 0.05) is 12.2 Å². The number of anilines is 2. The van der Waals surface area contributed by atoms with Crippen molar-refractivity contribution in [1.29, 1.82) is 0 Å². The second-order valence-corrected chi connectivity index (χ2v) is 6.37. The third-order valence-electron chi connectivity index (χ3n) is 4.01. The minimum Gasteiger partial charge on any atom is -0.463 e. The molecule has 2 rings (SSSR count). The van der Waals surface area contributed by atoms with E-state index in [-0.39, 0.29) is 12.5 Å². The smallest absolute Gasteiger partial charge is 0.331 e. The Balaban J connectivity index is 2.19. The molecule has 27 heavy (non-hydrogen) atoms. The number of benzene rings is 1. The van der Waals surface area contributed by atoms with Gasteiger partial charge in [0.2, 0.25) is 5.91 Å². The molecular formula is C19H22N2O6. The zero-order valence-electron chi connectivity index (χ0n) is 15.6. The minimum absolute atomic E-state index is 0.179. The predicted octanol–water partition coefficient (Wildman–Crippen LogP) is 1.80. The molecule has 0 spiro atoms. The molecule has 0 saturated carbocycles. The molecule has 1 aromatic rings. The van der Waals surface area contributed by atoms with E-state index in [1.807, 2.05) is 0 Å². The number of rotatable bonds is 5. The van der Waals surface area contributed by atoms with E-state index in [0.717, 1.165) is 12.2 Å². The Morgan fingerprint density at radius 1 is 1.19 bits per heavy atom. The number of ether oxygens (including phenoxy) is 2. The summed E-state index contributed by atoms with van der Waals surface area (Å²) in [4.78, 5) is 49.8. The summed E-state index contributed by atoms with van der Waals surface area (Å²) in [5, 5.41) is 2.76. The Hall–Kier alpha value is -3.16. The maximum atomic E-state index is 13.0. The second-order valence-electron chi connectivity index (χ2n) is 6.37. The fraction of sp³-hybridized carbons (Fsp3) is 0.368. The van der Waals surface area contributed by atoms with E-state index in [0.29, 0.717) is 11.4 Å². The van der Waals surface area contributed by atoms with Crippen LogP contribution in [0.15, 0.2) is 36.4 Å². The van der Waals surface area contributed by atoms with Gasteiger partial charge < -0.3 is 14.8 Å². The number of para-hydroxylation sites is 2. The first kappa shape index (κ1) is 20.2. The van der Waals surface area contributed by atoms with E-state index in [4.69, 9.17) is 4.74 Å². The van der Waals surface area contributed by atoms with Gasteiger partial charge in [-0.15, -0.1) is 0 Å². The summed E-state index contributed by atoms with van der Waals surface area (Å²) in [7, 11) is 0. The Labute approximate surface area is 157 Å². The van der Waals surface area contributed by atoms with Gasteiger partial charge in [-0.05, 0) is 39.8 Å². The number of hydrogen-bond acceptors (Lipinski definition) is 6. The summed E-state index contributed by atoms with van der Waals surface area (Å²) in [5.41, 5.74) is -0.166. The number of carbonyl (C=O) groups is 4. The van der Waals surface area contributed by atoms with Gasteiger partial charge in [-0.1, -0.05) is 12.1 Å². The molecular weight excluding hydrogens is 352 g/mol. The van der Waals surface area contributed by atoms with Crippen molar-refractivity contribution in [3.63, 3.8) is 0 Å². The van der Waals surface area contributed by atoms with Crippen molar-refractivity contribution in [2.24, 2.45) is 0 Å². The standard InChI is InChI=1S/C19H22N2O6/c1-5-26-15(22)10-11-16(23)27-12(2)17(24)21-14-9-7-6-8-13(14)20-18(25)19(21,3)4/h6-12H,5H2,1-4H3,(H,20,25)/b11-10+. The SMILES string of the molecule is CCOC(=O)/C=C/C(=O)OC(C)C(=O)N1c2ccccc2NC(=O)C1(C)C. The van der Waals surface area contributed by atoms with Crippen molar-refractivity contribution in [3.05, 3.63) is 36.4 Å². The van der Waals surface area contributed by atoms with Crippen LogP contribution >= 0.6 is 0 Å². The Bertz CT molecular complexity index is 799. The van der Waals surface area contributed by atoms with E-state index in [9.17, 15) is 19.2 Å². The van der Waals surface area contributed by atoms with E-state index in [2.05, 4.69) is 10.1 Å². The molecule has 2 amide bonds. The van der Waals surface area contributed by atoms with Crippen molar-refractivity contribution >= 4 is 35.1 Å². The lowest BCUT2D eigenvalue weighted by atomic mass is 9.95. The fourth-order valence-electron chi connectivity index (χ4n) is 2.62. The Kier molecular flexibility index (Phi) is 5.99. The highest BCUT2D eigenvalue weighted by Gasteiger charge is 2.45. The molecule has 0 fully saturated rings. The van der Waals surface area contributed by atoms with Gasteiger partial charge in [-0.25, -0.2) is 9.59 Å². The average molecular weight is 374 g/mol. The predicted molar refractivity (Wildman–Crippen MR) is 98.0 cm³/mol. The molecule has 1 atom stereocenters. The molecule has 1 unspecified atom stereocenters. The van der Waals surface area contributed by atoms with Crippen LogP contribution in [0.5, 0.6) is 0 Å². The Morgan fingerprint density at radius 3 is 2.48 bits per heavy atom. The van der Waals surface area contributed by atoms with Crippen LogP contribution in [-0.2, 0) is 28.7 Å². The van der Waals surface area contributed by atoms with Crippen LogP contribution in [-0.4, -0.2) is 42.0 Å². The molecule has 0 aromatic heterocycles.